The predicted octanol–water partition coefficient (Wildman–Crippen LogP) is 2.39. The number of methoxy groups -OCH3 is 1. The Balaban J connectivity index is 2.76. The van der Waals surface area contributed by atoms with Gasteiger partial charge in [0.2, 0.25) is 0 Å². The van der Waals surface area contributed by atoms with E-state index in [-0.39, 0.29) is 6.04 Å². The van der Waals surface area contributed by atoms with Crippen molar-refractivity contribution in [3.05, 3.63) is 23.8 Å². The minimum absolute atomic E-state index is 0.234. The summed E-state index contributed by atoms with van der Waals surface area (Å²) in [6, 6.07) is 6.11. The van der Waals surface area contributed by atoms with Crippen molar-refractivity contribution in [1.82, 2.24) is 5.32 Å². The second-order valence-electron chi connectivity index (χ2n) is 3.96. The number of rotatable bonds is 8. The van der Waals surface area contributed by atoms with Crippen LogP contribution in [0.2, 0.25) is 0 Å². The highest BCUT2D eigenvalue weighted by Crippen LogP contribution is 2.29. The van der Waals surface area contributed by atoms with Crippen LogP contribution in [0, 0.1) is 0 Å². The lowest BCUT2D eigenvalue weighted by atomic mass is 10.1. The van der Waals surface area contributed by atoms with Crippen LogP contribution in [-0.2, 0) is 4.74 Å². The Hall–Kier alpha value is -1.26. The fourth-order valence-corrected chi connectivity index (χ4v) is 1.63. The average Bonchev–Trinajstić information content (AvgIpc) is 2.42. The summed E-state index contributed by atoms with van der Waals surface area (Å²) in [5.41, 5.74) is 1.12. The van der Waals surface area contributed by atoms with E-state index in [9.17, 15) is 0 Å². The lowest BCUT2D eigenvalue weighted by Crippen LogP contribution is -2.15. The first-order valence-corrected chi connectivity index (χ1v) is 6.28. The summed E-state index contributed by atoms with van der Waals surface area (Å²) in [5.74, 6) is 1.64. The largest absolute Gasteiger partial charge is 0.497 e. The van der Waals surface area contributed by atoms with Gasteiger partial charge in [0.15, 0.2) is 0 Å². The Morgan fingerprint density at radius 1 is 1.28 bits per heavy atom. The van der Waals surface area contributed by atoms with Crippen LogP contribution in [0.3, 0.4) is 0 Å². The standard InChI is InChI=1S/C14H23NO3/c1-5-17-8-9-18-14-10-12(16-4)6-7-13(14)11(2)15-3/h6-7,10-11,15H,5,8-9H2,1-4H3. The first-order chi connectivity index (χ1) is 8.72. The Kier molecular flexibility index (Phi) is 6.54. The van der Waals surface area contributed by atoms with Gasteiger partial charge in [0.05, 0.1) is 13.7 Å². The van der Waals surface area contributed by atoms with E-state index < -0.39 is 0 Å². The summed E-state index contributed by atoms with van der Waals surface area (Å²) >= 11 is 0. The van der Waals surface area contributed by atoms with E-state index in [1.807, 2.05) is 32.2 Å². The smallest absolute Gasteiger partial charge is 0.127 e. The molecule has 1 aromatic carbocycles. The maximum absolute atomic E-state index is 5.76. The maximum atomic E-state index is 5.76. The maximum Gasteiger partial charge on any atom is 0.127 e. The van der Waals surface area contributed by atoms with E-state index in [2.05, 4.69) is 12.2 Å². The van der Waals surface area contributed by atoms with Crippen molar-refractivity contribution in [3.63, 3.8) is 0 Å². The van der Waals surface area contributed by atoms with E-state index in [4.69, 9.17) is 14.2 Å². The van der Waals surface area contributed by atoms with Crippen molar-refractivity contribution >= 4 is 0 Å². The van der Waals surface area contributed by atoms with Crippen molar-refractivity contribution in [2.75, 3.05) is 34.0 Å². The summed E-state index contributed by atoms with van der Waals surface area (Å²) in [5, 5.41) is 3.21. The fraction of sp³-hybridized carbons (Fsp3) is 0.571. The number of hydrogen-bond donors (Lipinski definition) is 1. The van der Waals surface area contributed by atoms with E-state index >= 15 is 0 Å². The third-order valence-corrected chi connectivity index (χ3v) is 2.81. The Labute approximate surface area is 109 Å². The van der Waals surface area contributed by atoms with Gasteiger partial charge < -0.3 is 19.5 Å². The molecule has 0 heterocycles. The number of benzene rings is 1. The third-order valence-electron chi connectivity index (χ3n) is 2.81. The SMILES string of the molecule is CCOCCOc1cc(OC)ccc1C(C)NC. The molecule has 102 valence electrons. The normalized spacial score (nSPS) is 12.2. The van der Waals surface area contributed by atoms with Gasteiger partial charge in [0.1, 0.15) is 18.1 Å². The molecule has 0 aliphatic carbocycles. The van der Waals surface area contributed by atoms with Crippen molar-refractivity contribution < 1.29 is 14.2 Å². The molecule has 0 saturated carbocycles. The third kappa shape index (κ3) is 4.20. The highest BCUT2D eigenvalue weighted by Gasteiger charge is 2.11. The zero-order valence-electron chi connectivity index (χ0n) is 11.7. The molecule has 1 atom stereocenters. The highest BCUT2D eigenvalue weighted by atomic mass is 16.5. The summed E-state index contributed by atoms with van der Waals surface area (Å²) in [7, 11) is 3.58. The first kappa shape index (κ1) is 14.8. The summed E-state index contributed by atoms with van der Waals surface area (Å²) < 4.78 is 16.2. The van der Waals surface area contributed by atoms with Crippen LogP contribution >= 0.6 is 0 Å². The molecule has 0 amide bonds. The van der Waals surface area contributed by atoms with Crippen molar-refractivity contribution in [1.29, 1.82) is 0 Å². The van der Waals surface area contributed by atoms with Gasteiger partial charge in [-0.05, 0) is 27.0 Å². The molecule has 4 nitrogen and oxygen atoms in total. The molecule has 1 rings (SSSR count). The van der Waals surface area contributed by atoms with Crippen LogP contribution in [0.25, 0.3) is 0 Å². The van der Waals surface area contributed by atoms with Crippen LogP contribution in [0.4, 0.5) is 0 Å². The van der Waals surface area contributed by atoms with Gasteiger partial charge in [-0.1, -0.05) is 6.07 Å². The molecule has 1 N–H and O–H groups in total. The van der Waals surface area contributed by atoms with Crippen molar-refractivity contribution in [2.45, 2.75) is 19.9 Å². The second kappa shape index (κ2) is 7.95. The molecular weight excluding hydrogens is 230 g/mol. The van der Waals surface area contributed by atoms with Crippen LogP contribution in [0.15, 0.2) is 18.2 Å². The number of hydrogen-bond acceptors (Lipinski definition) is 4. The van der Waals surface area contributed by atoms with E-state index in [1.165, 1.54) is 0 Å². The van der Waals surface area contributed by atoms with Gasteiger partial charge >= 0.3 is 0 Å². The topological polar surface area (TPSA) is 39.7 Å². The lowest BCUT2D eigenvalue weighted by Gasteiger charge is -2.17. The average molecular weight is 253 g/mol. The van der Waals surface area contributed by atoms with Crippen LogP contribution in [0.1, 0.15) is 25.5 Å². The van der Waals surface area contributed by atoms with Crippen molar-refractivity contribution in [3.8, 4) is 11.5 Å². The van der Waals surface area contributed by atoms with Gasteiger partial charge in [0, 0.05) is 24.3 Å². The first-order valence-electron chi connectivity index (χ1n) is 6.28. The molecule has 1 aromatic rings. The molecule has 0 bridgehead atoms. The van der Waals surface area contributed by atoms with Gasteiger partial charge in [-0.3, -0.25) is 0 Å². The molecule has 18 heavy (non-hydrogen) atoms. The minimum Gasteiger partial charge on any atom is -0.497 e. The minimum atomic E-state index is 0.234. The molecule has 0 aliphatic rings. The molecule has 0 radical (unpaired) electrons. The number of ether oxygens (including phenoxy) is 3. The zero-order chi connectivity index (χ0) is 13.4. The second-order valence-corrected chi connectivity index (χ2v) is 3.96. The predicted molar refractivity (Wildman–Crippen MR) is 72.5 cm³/mol. The fourth-order valence-electron chi connectivity index (χ4n) is 1.63. The molecule has 4 heteroatoms. The van der Waals surface area contributed by atoms with Gasteiger partial charge in [-0.15, -0.1) is 0 Å². The molecule has 0 aliphatic heterocycles. The Bertz CT molecular complexity index is 355. The quantitative estimate of drug-likeness (QED) is 0.722. The van der Waals surface area contributed by atoms with Gasteiger partial charge in [-0.2, -0.15) is 0 Å². The lowest BCUT2D eigenvalue weighted by molar-refractivity contribution is 0.109. The van der Waals surface area contributed by atoms with E-state index in [1.54, 1.807) is 7.11 Å². The van der Waals surface area contributed by atoms with E-state index in [0.29, 0.717) is 19.8 Å². The van der Waals surface area contributed by atoms with Crippen molar-refractivity contribution in [2.24, 2.45) is 0 Å². The van der Waals surface area contributed by atoms with Crippen LogP contribution in [-0.4, -0.2) is 34.0 Å². The highest BCUT2D eigenvalue weighted by molar-refractivity contribution is 5.42. The van der Waals surface area contributed by atoms with Crippen LogP contribution in [0.5, 0.6) is 11.5 Å². The number of nitrogens with one attached hydrogen (secondary N) is 1. The van der Waals surface area contributed by atoms with E-state index in [0.717, 1.165) is 17.1 Å². The summed E-state index contributed by atoms with van der Waals surface area (Å²) in [6.07, 6.45) is 0. The monoisotopic (exact) mass is 253 g/mol. The molecule has 0 aromatic heterocycles. The van der Waals surface area contributed by atoms with Gasteiger partial charge in [0.25, 0.3) is 0 Å². The summed E-state index contributed by atoms with van der Waals surface area (Å²) in [4.78, 5) is 0. The molecule has 0 spiro atoms. The Morgan fingerprint density at radius 2 is 2.06 bits per heavy atom. The van der Waals surface area contributed by atoms with Crippen LogP contribution < -0.4 is 14.8 Å². The molecular formula is C14H23NO3. The molecule has 0 fully saturated rings. The Morgan fingerprint density at radius 3 is 2.67 bits per heavy atom. The van der Waals surface area contributed by atoms with Gasteiger partial charge in [-0.25, -0.2) is 0 Å². The molecule has 1 unspecified atom stereocenters. The zero-order valence-corrected chi connectivity index (χ0v) is 11.7. The summed E-state index contributed by atoms with van der Waals surface area (Å²) in [6.45, 7) is 5.92. The molecule has 0 saturated heterocycles.